The molecule has 0 spiro atoms. The van der Waals surface area contributed by atoms with Crippen LogP contribution in [0.3, 0.4) is 0 Å². The first-order valence-electron chi connectivity index (χ1n) is 8.46. The summed E-state index contributed by atoms with van der Waals surface area (Å²) in [6.45, 7) is 1.74. The highest BCUT2D eigenvalue weighted by molar-refractivity contribution is 6.14. The van der Waals surface area contributed by atoms with Crippen LogP contribution >= 0.6 is 0 Å². The number of ketones is 2. The van der Waals surface area contributed by atoms with Crippen molar-refractivity contribution >= 4 is 17.6 Å². The van der Waals surface area contributed by atoms with Gasteiger partial charge in [0.2, 0.25) is 5.78 Å². The van der Waals surface area contributed by atoms with Crippen LogP contribution in [0.4, 0.5) is 0 Å². The smallest absolute Gasteiger partial charge is 0.232 e. The number of ether oxygens (including phenoxy) is 2. The second-order valence-electron chi connectivity index (χ2n) is 6.12. The Morgan fingerprint density at radius 2 is 1.89 bits per heavy atom. The third kappa shape index (κ3) is 3.53. The van der Waals surface area contributed by atoms with Gasteiger partial charge in [-0.3, -0.25) is 9.59 Å². The van der Waals surface area contributed by atoms with Gasteiger partial charge in [-0.15, -0.1) is 0 Å². The Bertz CT molecular complexity index is 1040. The summed E-state index contributed by atoms with van der Waals surface area (Å²) in [5.41, 5.74) is 1.04. The van der Waals surface area contributed by atoms with Crippen molar-refractivity contribution in [3.63, 3.8) is 0 Å². The first-order chi connectivity index (χ1) is 13.1. The summed E-state index contributed by atoms with van der Waals surface area (Å²) < 4.78 is 16.7. The minimum absolute atomic E-state index is 0.0921. The van der Waals surface area contributed by atoms with Gasteiger partial charge in [-0.2, -0.15) is 0 Å². The average Bonchev–Trinajstić information content (AvgIpc) is 3.23. The predicted molar refractivity (Wildman–Crippen MR) is 99.1 cm³/mol. The molecule has 0 unspecified atom stereocenters. The van der Waals surface area contributed by atoms with Crippen LogP contribution in [0.25, 0.3) is 6.08 Å². The van der Waals surface area contributed by atoms with Crippen LogP contribution in [0.1, 0.15) is 32.2 Å². The zero-order valence-corrected chi connectivity index (χ0v) is 14.6. The summed E-state index contributed by atoms with van der Waals surface area (Å²) in [6.07, 6.45) is 1.56. The quantitative estimate of drug-likeness (QED) is 0.496. The molecule has 2 aromatic carbocycles. The molecule has 1 aliphatic heterocycles. The zero-order chi connectivity index (χ0) is 18.8. The van der Waals surface area contributed by atoms with Gasteiger partial charge in [-0.05, 0) is 31.2 Å². The molecule has 1 aromatic heterocycles. The summed E-state index contributed by atoms with van der Waals surface area (Å²) in [7, 11) is 0. The molecule has 0 atom stereocenters. The average molecular weight is 360 g/mol. The Hall–Kier alpha value is -3.60. The highest BCUT2D eigenvalue weighted by atomic mass is 16.5. The van der Waals surface area contributed by atoms with Gasteiger partial charge >= 0.3 is 0 Å². The molecule has 134 valence electrons. The molecular weight excluding hydrogens is 344 g/mol. The van der Waals surface area contributed by atoms with E-state index in [2.05, 4.69) is 0 Å². The van der Waals surface area contributed by atoms with E-state index < -0.39 is 0 Å². The second-order valence-corrected chi connectivity index (χ2v) is 6.12. The SMILES string of the molecule is Cc1ccc(/C=C2/Oc3cc(OCC(=O)c4ccccc4)ccc3C2=O)o1. The number of hydrogen-bond acceptors (Lipinski definition) is 5. The Morgan fingerprint density at radius 3 is 2.63 bits per heavy atom. The molecule has 3 aromatic rings. The molecular formula is C22H16O5. The highest BCUT2D eigenvalue weighted by Crippen LogP contribution is 2.35. The molecule has 0 amide bonds. The van der Waals surface area contributed by atoms with Crippen molar-refractivity contribution in [3.8, 4) is 11.5 Å². The summed E-state index contributed by atoms with van der Waals surface area (Å²) in [5, 5.41) is 0. The van der Waals surface area contributed by atoms with E-state index in [4.69, 9.17) is 13.9 Å². The first-order valence-corrected chi connectivity index (χ1v) is 8.46. The van der Waals surface area contributed by atoms with E-state index in [1.807, 2.05) is 19.1 Å². The summed E-state index contributed by atoms with van der Waals surface area (Å²) in [6, 6.07) is 17.4. The Morgan fingerprint density at radius 1 is 1.07 bits per heavy atom. The van der Waals surface area contributed by atoms with E-state index in [0.29, 0.717) is 28.4 Å². The number of carbonyl (C=O) groups excluding carboxylic acids is 2. The number of fused-ring (bicyclic) bond motifs is 1. The van der Waals surface area contributed by atoms with Crippen molar-refractivity contribution in [1.29, 1.82) is 0 Å². The van der Waals surface area contributed by atoms with Crippen molar-refractivity contribution in [3.05, 3.63) is 89.1 Å². The number of Topliss-reactive ketones (excluding diaryl/α,β-unsaturated/α-hetero) is 2. The maximum absolute atomic E-state index is 12.4. The maximum Gasteiger partial charge on any atom is 0.232 e. The number of aryl methyl sites for hydroxylation is 1. The molecule has 0 aliphatic carbocycles. The van der Waals surface area contributed by atoms with Crippen molar-refractivity contribution in [2.24, 2.45) is 0 Å². The lowest BCUT2D eigenvalue weighted by Gasteiger charge is -2.06. The standard InChI is InChI=1S/C22H16O5/c1-14-7-8-17(26-14)12-21-22(24)18-10-9-16(11-20(18)27-21)25-13-19(23)15-5-3-2-4-6-15/h2-12H,13H2,1H3/b21-12+. The number of furan rings is 1. The van der Waals surface area contributed by atoms with Crippen LogP contribution in [0, 0.1) is 6.92 Å². The fourth-order valence-electron chi connectivity index (χ4n) is 2.77. The van der Waals surface area contributed by atoms with Crippen LogP contribution in [0.5, 0.6) is 11.5 Å². The maximum atomic E-state index is 12.4. The van der Waals surface area contributed by atoms with Crippen LogP contribution < -0.4 is 9.47 Å². The van der Waals surface area contributed by atoms with Gasteiger partial charge in [0.1, 0.15) is 23.0 Å². The molecule has 0 N–H and O–H groups in total. The minimum atomic E-state index is -0.217. The largest absolute Gasteiger partial charge is 0.485 e. The minimum Gasteiger partial charge on any atom is -0.485 e. The van der Waals surface area contributed by atoms with Crippen molar-refractivity contribution in [2.75, 3.05) is 6.61 Å². The Balaban J connectivity index is 1.48. The number of hydrogen-bond donors (Lipinski definition) is 0. The molecule has 5 nitrogen and oxygen atoms in total. The number of benzene rings is 2. The molecule has 27 heavy (non-hydrogen) atoms. The molecule has 4 rings (SSSR count). The van der Waals surface area contributed by atoms with Crippen molar-refractivity contribution < 1.29 is 23.5 Å². The van der Waals surface area contributed by atoms with E-state index in [1.165, 1.54) is 0 Å². The van der Waals surface area contributed by atoms with E-state index in [-0.39, 0.29) is 23.9 Å². The van der Waals surface area contributed by atoms with Crippen LogP contribution in [0.2, 0.25) is 0 Å². The summed E-state index contributed by atoms with van der Waals surface area (Å²) in [5.74, 6) is 2.02. The monoisotopic (exact) mass is 360 g/mol. The molecule has 5 heteroatoms. The fraction of sp³-hybridized carbons (Fsp3) is 0.0909. The molecule has 0 saturated heterocycles. The lowest BCUT2D eigenvalue weighted by molar-refractivity contribution is 0.0921. The third-order valence-corrected chi connectivity index (χ3v) is 4.14. The van der Waals surface area contributed by atoms with Gasteiger partial charge in [-0.1, -0.05) is 30.3 Å². The predicted octanol–water partition coefficient (Wildman–Crippen LogP) is 4.47. The van der Waals surface area contributed by atoms with Gasteiger partial charge in [-0.25, -0.2) is 0 Å². The van der Waals surface area contributed by atoms with Gasteiger partial charge < -0.3 is 13.9 Å². The zero-order valence-electron chi connectivity index (χ0n) is 14.6. The summed E-state index contributed by atoms with van der Waals surface area (Å²) >= 11 is 0. The van der Waals surface area contributed by atoms with Crippen molar-refractivity contribution in [2.45, 2.75) is 6.92 Å². The highest BCUT2D eigenvalue weighted by Gasteiger charge is 2.28. The third-order valence-electron chi connectivity index (χ3n) is 4.14. The van der Waals surface area contributed by atoms with Gasteiger partial charge in [0, 0.05) is 17.7 Å². The van der Waals surface area contributed by atoms with Crippen LogP contribution in [-0.4, -0.2) is 18.2 Å². The second kappa shape index (κ2) is 6.96. The molecule has 0 radical (unpaired) electrons. The molecule has 0 fully saturated rings. The van der Waals surface area contributed by atoms with Crippen LogP contribution in [0.15, 0.2) is 70.8 Å². The van der Waals surface area contributed by atoms with Crippen molar-refractivity contribution in [1.82, 2.24) is 0 Å². The van der Waals surface area contributed by atoms with E-state index in [1.54, 1.807) is 54.6 Å². The lowest BCUT2D eigenvalue weighted by atomic mass is 10.1. The topological polar surface area (TPSA) is 65.7 Å². The number of allylic oxidation sites excluding steroid dienone is 1. The van der Waals surface area contributed by atoms with Gasteiger partial charge in [0.25, 0.3) is 0 Å². The Labute approximate surface area is 155 Å². The van der Waals surface area contributed by atoms with E-state index in [0.717, 1.165) is 5.76 Å². The number of carbonyl (C=O) groups is 2. The summed E-state index contributed by atoms with van der Waals surface area (Å²) in [4.78, 5) is 24.6. The van der Waals surface area contributed by atoms with E-state index in [9.17, 15) is 9.59 Å². The van der Waals surface area contributed by atoms with E-state index >= 15 is 0 Å². The molecule has 1 aliphatic rings. The van der Waals surface area contributed by atoms with Gasteiger partial charge in [0.15, 0.2) is 18.1 Å². The Kier molecular flexibility index (Phi) is 4.34. The normalized spacial score (nSPS) is 14.1. The fourth-order valence-corrected chi connectivity index (χ4v) is 2.77. The molecule has 0 bridgehead atoms. The molecule has 0 saturated carbocycles. The molecule has 2 heterocycles. The van der Waals surface area contributed by atoms with Gasteiger partial charge in [0.05, 0.1) is 5.56 Å². The number of rotatable bonds is 5. The lowest BCUT2D eigenvalue weighted by Crippen LogP contribution is -2.11. The first kappa shape index (κ1) is 16.8. The van der Waals surface area contributed by atoms with Crippen LogP contribution in [-0.2, 0) is 0 Å².